The Labute approximate surface area is 105 Å². The van der Waals surface area contributed by atoms with Crippen LogP contribution in [0.5, 0.6) is 0 Å². The van der Waals surface area contributed by atoms with Gasteiger partial charge in [0.15, 0.2) is 0 Å². The second-order valence-electron chi connectivity index (χ2n) is 4.62. The Morgan fingerprint density at radius 3 is 2.83 bits per heavy atom. The van der Waals surface area contributed by atoms with Crippen LogP contribution in [-0.4, -0.2) is 47.5 Å². The van der Waals surface area contributed by atoms with E-state index >= 15 is 0 Å². The zero-order valence-corrected chi connectivity index (χ0v) is 9.86. The van der Waals surface area contributed by atoms with Gasteiger partial charge in [-0.2, -0.15) is 0 Å². The van der Waals surface area contributed by atoms with E-state index in [4.69, 9.17) is 9.47 Å². The lowest BCUT2D eigenvalue weighted by atomic mass is 10.2. The molecule has 5 heteroatoms. The van der Waals surface area contributed by atoms with Gasteiger partial charge in [-0.25, -0.2) is 4.79 Å². The zero-order chi connectivity index (χ0) is 12.5. The van der Waals surface area contributed by atoms with Crippen LogP contribution in [0.25, 0.3) is 0 Å². The van der Waals surface area contributed by atoms with Crippen LogP contribution in [0.15, 0.2) is 30.3 Å². The van der Waals surface area contributed by atoms with Crippen LogP contribution in [0, 0.1) is 0 Å². The third-order valence-corrected chi connectivity index (χ3v) is 3.47. The summed E-state index contributed by atoms with van der Waals surface area (Å²) in [5, 5.41) is 9.76. The monoisotopic (exact) mass is 249 g/mol. The maximum absolute atomic E-state index is 11.9. The summed E-state index contributed by atoms with van der Waals surface area (Å²) >= 11 is 0. The summed E-state index contributed by atoms with van der Waals surface area (Å²) in [6.45, 7) is 1.07. The minimum atomic E-state index is -0.575. The summed E-state index contributed by atoms with van der Waals surface area (Å²) in [5.41, 5.74) is 0.951. The van der Waals surface area contributed by atoms with Crippen molar-refractivity contribution in [3.05, 3.63) is 35.9 Å². The van der Waals surface area contributed by atoms with Crippen molar-refractivity contribution in [1.29, 1.82) is 0 Å². The van der Waals surface area contributed by atoms with Gasteiger partial charge in [-0.05, 0) is 5.56 Å². The normalized spacial score (nSPS) is 29.6. The van der Waals surface area contributed by atoms with Gasteiger partial charge in [0.25, 0.3) is 0 Å². The van der Waals surface area contributed by atoms with E-state index in [1.165, 1.54) is 0 Å². The Kier molecular flexibility index (Phi) is 2.93. The second kappa shape index (κ2) is 4.59. The predicted molar refractivity (Wildman–Crippen MR) is 62.9 cm³/mol. The molecule has 2 aliphatic heterocycles. The molecule has 0 saturated carbocycles. The molecular formula is C13H15NO4. The summed E-state index contributed by atoms with van der Waals surface area (Å²) in [6.07, 6.45) is -1.21. The molecule has 0 spiro atoms. The molecule has 2 aliphatic rings. The van der Waals surface area contributed by atoms with Crippen molar-refractivity contribution in [3.63, 3.8) is 0 Å². The minimum Gasteiger partial charge on any atom is -0.445 e. The highest BCUT2D eigenvalue weighted by atomic mass is 16.6. The van der Waals surface area contributed by atoms with E-state index in [9.17, 15) is 9.90 Å². The molecule has 5 nitrogen and oxygen atoms in total. The number of carbonyl (C=O) groups excluding carboxylic acids is 1. The van der Waals surface area contributed by atoms with Crippen molar-refractivity contribution < 1.29 is 19.4 Å². The van der Waals surface area contributed by atoms with Crippen LogP contribution in [0.1, 0.15) is 5.56 Å². The van der Waals surface area contributed by atoms with E-state index in [1.807, 2.05) is 30.3 Å². The number of carbonyl (C=O) groups is 1. The number of rotatable bonds is 2. The molecule has 3 atom stereocenters. The molecule has 0 aliphatic carbocycles. The number of amides is 1. The highest BCUT2D eigenvalue weighted by Crippen LogP contribution is 2.28. The van der Waals surface area contributed by atoms with Crippen molar-refractivity contribution in [1.82, 2.24) is 4.90 Å². The second-order valence-corrected chi connectivity index (χ2v) is 4.62. The van der Waals surface area contributed by atoms with Crippen molar-refractivity contribution >= 4 is 6.09 Å². The number of aliphatic hydroxyl groups is 1. The van der Waals surface area contributed by atoms with Crippen LogP contribution in [0.2, 0.25) is 0 Å². The number of morpholine rings is 1. The van der Waals surface area contributed by atoms with Crippen molar-refractivity contribution in [2.75, 3.05) is 13.2 Å². The molecule has 96 valence electrons. The lowest BCUT2D eigenvalue weighted by Crippen LogP contribution is -2.42. The number of hydrogen-bond donors (Lipinski definition) is 1. The molecule has 2 saturated heterocycles. The first-order valence-electron chi connectivity index (χ1n) is 6.02. The Morgan fingerprint density at radius 2 is 2.22 bits per heavy atom. The number of aliphatic hydroxyl groups excluding tert-OH is 1. The number of hydrogen-bond acceptors (Lipinski definition) is 4. The first-order chi connectivity index (χ1) is 8.75. The van der Waals surface area contributed by atoms with Crippen LogP contribution in [-0.2, 0) is 16.1 Å². The smallest absolute Gasteiger partial charge is 0.410 e. The van der Waals surface area contributed by atoms with Crippen molar-refractivity contribution in [2.24, 2.45) is 0 Å². The van der Waals surface area contributed by atoms with E-state index in [2.05, 4.69) is 0 Å². The lowest BCUT2D eigenvalue weighted by Gasteiger charge is -2.25. The molecule has 0 aromatic heterocycles. The number of ether oxygens (including phenoxy) is 2. The molecule has 1 N–H and O–H groups in total. The maximum atomic E-state index is 11.9. The van der Waals surface area contributed by atoms with Gasteiger partial charge in [-0.15, -0.1) is 0 Å². The Morgan fingerprint density at radius 1 is 1.44 bits per heavy atom. The average Bonchev–Trinajstić information content (AvgIpc) is 2.93. The van der Waals surface area contributed by atoms with Crippen LogP contribution < -0.4 is 0 Å². The SMILES string of the molecule is O=C(OCc1ccccc1)N1C[C@H]2OC[C@@H]1[C@@H]2O. The minimum absolute atomic E-state index is 0.251. The quantitative estimate of drug-likeness (QED) is 0.841. The molecule has 0 unspecified atom stereocenters. The number of nitrogens with zero attached hydrogens (tertiary/aromatic N) is 1. The number of fused-ring (bicyclic) bond motifs is 2. The first-order valence-corrected chi connectivity index (χ1v) is 6.02. The Hall–Kier alpha value is -1.59. The first kappa shape index (κ1) is 11.5. The number of likely N-dealkylation sites (tertiary alicyclic amines) is 1. The van der Waals surface area contributed by atoms with Gasteiger partial charge in [0.1, 0.15) is 18.8 Å². The fourth-order valence-corrected chi connectivity index (χ4v) is 2.44. The van der Waals surface area contributed by atoms with Crippen LogP contribution >= 0.6 is 0 Å². The van der Waals surface area contributed by atoms with E-state index < -0.39 is 6.10 Å². The van der Waals surface area contributed by atoms with Crippen LogP contribution in [0.4, 0.5) is 4.79 Å². The molecular weight excluding hydrogens is 234 g/mol. The maximum Gasteiger partial charge on any atom is 0.410 e. The fourth-order valence-electron chi connectivity index (χ4n) is 2.44. The van der Waals surface area contributed by atoms with E-state index in [0.29, 0.717) is 13.2 Å². The van der Waals surface area contributed by atoms with Gasteiger partial charge in [-0.3, -0.25) is 4.90 Å². The molecule has 2 bridgehead atoms. The Bertz CT molecular complexity index is 436. The third-order valence-electron chi connectivity index (χ3n) is 3.47. The van der Waals surface area contributed by atoms with Gasteiger partial charge >= 0.3 is 6.09 Å². The van der Waals surface area contributed by atoms with Gasteiger partial charge in [-0.1, -0.05) is 30.3 Å². The van der Waals surface area contributed by atoms with Gasteiger partial charge in [0.05, 0.1) is 19.2 Å². The van der Waals surface area contributed by atoms with Gasteiger partial charge < -0.3 is 14.6 Å². The molecule has 1 aromatic rings. The number of benzene rings is 1. The highest BCUT2D eigenvalue weighted by molar-refractivity contribution is 5.69. The molecule has 0 radical (unpaired) electrons. The molecule has 2 fully saturated rings. The molecule has 18 heavy (non-hydrogen) atoms. The van der Waals surface area contributed by atoms with Gasteiger partial charge in [0.2, 0.25) is 0 Å². The van der Waals surface area contributed by atoms with Gasteiger partial charge in [0, 0.05) is 0 Å². The molecule has 1 aromatic carbocycles. The topological polar surface area (TPSA) is 59.0 Å². The van der Waals surface area contributed by atoms with Crippen molar-refractivity contribution in [2.45, 2.75) is 24.9 Å². The predicted octanol–water partition coefficient (Wildman–Crippen LogP) is 0.767. The van der Waals surface area contributed by atoms with E-state index in [0.717, 1.165) is 5.56 Å². The third kappa shape index (κ3) is 1.95. The van der Waals surface area contributed by atoms with Crippen molar-refractivity contribution in [3.8, 4) is 0 Å². The van der Waals surface area contributed by atoms with Crippen LogP contribution in [0.3, 0.4) is 0 Å². The summed E-state index contributed by atoms with van der Waals surface area (Å²) < 4.78 is 10.5. The van der Waals surface area contributed by atoms with E-state index in [1.54, 1.807) is 4.90 Å². The molecule has 3 rings (SSSR count). The summed E-state index contributed by atoms with van der Waals surface area (Å²) in [4.78, 5) is 13.4. The molecule has 1 amide bonds. The molecule has 2 heterocycles. The Balaban J connectivity index is 1.57. The summed E-state index contributed by atoms with van der Waals surface area (Å²) in [5.74, 6) is 0. The average molecular weight is 249 g/mol. The standard InChI is InChI=1S/C13H15NO4/c15-12-10-8-17-11(12)6-14(10)13(16)18-7-9-4-2-1-3-5-9/h1-5,10-12,15H,6-8H2/t10-,11-,12+/m1/s1. The van der Waals surface area contributed by atoms with E-state index in [-0.39, 0.29) is 24.8 Å². The fraction of sp³-hybridized carbons (Fsp3) is 0.462. The summed E-state index contributed by atoms with van der Waals surface area (Å²) in [7, 11) is 0. The largest absolute Gasteiger partial charge is 0.445 e. The summed E-state index contributed by atoms with van der Waals surface area (Å²) in [6, 6.07) is 9.27. The highest BCUT2D eigenvalue weighted by Gasteiger charge is 2.49. The lowest BCUT2D eigenvalue weighted by molar-refractivity contribution is 0.0164. The zero-order valence-electron chi connectivity index (χ0n) is 9.86.